The largest absolute Gasteiger partial charge is 0.444 e. The molecular formula is C16H24N2O2. The number of anilines is 1. The van der Waals surface area contributed by atoms with Gasteiger partial charge < -0.3 is 15.4 Å². The number of hydrogen-bond donors (Lipinski definition) is 1. The quantitative estimate of drug-likeness (QED) is 0.800. The van der Waals surface area contributed by atoms with Crippen molar-refractivity contribution in [3.05, 3.63) is 29.8 Å². The molecule has 0 radical (unpaired) electrons. The summed E-state index contributed by atoms with van der Waals surface area (Å²) in [7, 11) is 0. The van der Waals surface area contributed by atoms with Gasteiger partial charge in [-0.15, -0.1) is 0 Å². The van der Waals surface area contributed by atoms with Crippen molar-refractivity contribution in [3.8, 4) is 0 Å². The van der Waals surface area contributed by atoms with Gasteiger partial charge >= 0.3 is 6.09 Å². The standard InChI is InChI=1S/C16H24N2O2/c1-16(2,3)20-15(19)18-10-4-5-13(11-18)12-6-8-14(17)9-7-12/h6-9,13H,4-5,10-11,17H2,1-3H3. The maximum Gasteiger partial charge on any atom is 0.410 e. The van der Waals surface area contributed by atoms with Gasteiger partial charge in [-0.25, -0.2) is 4.79 Å². The lowest BCUT2D eigenvalue weighted by Gasteiger charge is -2.34. The fraction of sp³-hybridized carbons (Fsp3) is 0.562. The summed E-state index contributed by atoms with van der Waals surface area (Å²) in [6.07, 6.45) is 1.90. The Morgan fingerprint density at radius 1 is 1.30 bits per heavy atom. The second-order valence-electron chi connectivity index (χ2n) is 6.43. The van der Waals surface area contributed by atoms with Crippen LogP contribution in [0.5, 0.6) is 0 Å². The van der Waals surface area contributed by atoms with E-state index in [-0.39, 0.29) is 6.09 Å². The van der Waals surface area contributed by atoms with Crippen molar-refractivity contribution in [2.24, 2.45) is 0 Å². The second-order valence-corrected chi connectivity index (χ2v) is 6.43. The van der Waals surface area contributed by atoms with Gasteiger partial charge in [0, 0.05) is 24.7 Å². The van der Waals surface area contributed by atoms with Crippen LogP contribution >= 0.6 is 0 Å². The van der Waals surface area contributed by atoms with Crippen LogP contribution in [0.1, 0.15) is 45.1 Å². The van der Waals surface area contributed by atoms with Crippen LogP contribution in [0.2, 0.25) is 0 Å². The zero-order valence-electron chi connectivity index (χ0n) is 12.6. The molecule has 1 fully saturated rings. The minimum Gasteiger partial charge on any atom is -0.444 e. The molecule has 1 amide bonds. The third kappa shape index (κ3) is 3.89. The molecule has 1 saturated heterocycles. The fourth-order valence-electron chi connectivity index (χ4n) is 2.51. The van der Waals surface area contributed by atoms with Gasteiger partial charge in [-0.1, -0.05) is 12.1 Å². The number of likely N-dealkylation sites (tertiary alicyclic amines) is 1. The predicted molar refractivity (Wildman–Crippen MR) is 80.6 cm³/mol. The van der Waals surface area contributed by atoms with Crippen LogP contribution in [0, 0.1) is 0 Å². The van der Waals surface area contributed by atoms with Crippen LogP contribution in [-0.4, -0.2) is 29.7 Å². The molecular weight excluding hydrogens is 252 g/mol. The summed E-state index contributed by atoms with van der Waals surface area (Å²) >= 11 is 0. The molecule has 1 atom stereocenters. The maximum absolute atomic E-state index is 12.1. The topological polar surface area (TPSA) is 55.6 Å². The summed E-state index contributed by atoms with van der Waals surface area (Å²) in [6.45, 7) is 7.18. The fourth-order valence-corrected chi connectivity index (χ4v) is 2.51. The second kappa shape index (κ2) is 5.73. The van der Waals surface area contributed by atoms with Crippen LogP contribution in [0.25, 0.3) is 0 Å². The Morgan fingerprint density at radius 3 is 2.55 bits per heavy atom. The number of nitrogens with two attached hydrogens (primary N) is 1. The molecule has 4 heteroatoms. The Bertz CT molecular complexity index is 462. The van der Waals surface area contributed by atoms with Crippen LogP contribution in [-0.2, 0) is 4.74 Å². The average molecular weight is 276 g/mol. The lowest BCUT2D eigenvalue weighted by Crippen LogP contribution is -2.42. The van der Waals surface area contributed by atoms with E-state index >= 15 is 0 Å². The van der Waals surface area contributed by atoms with E-state index < -0.39 is 5.60 Å². The van der Waals surface area contributed by atoms with Gasteiger partial charge in [0.15, 0.2) is 0 Å². The third-order valence-corrected chi connectivity index (χ3v) is 3.48. The van der Waals surface area contributed by atoms with E-state index in [0.29, 0.717) is 5.92 Å². The molecule has 2 rings (SSSR count). The number of benzene rings is 1. The normalized spacial score (nSPS) is 19.8. The first-order valence-electron chi connectivity index (χ1n) is 7.18. The van der Waals surface area contributed by atoms with E-state index in [1.165, 1.54) is 5.56 Å². The minimum atomic E-state index is -0.439. The van der Waals surface area contributed by atoms with Crippen LogP contribution in [0.15, 0.2) is 24.3 Å². The summed E-state index contributed by atoms with van der Waals surface area (Å²) in [4.78, 5) is 13.9. The van der Waals surface area contributed by atoms with Gasteiger partial charge in [0.25, 0.3) is 0 Å². The SMILES string of the molecule is CC(C)(C)OC(=O)N1CCCC(c2ccc(N)cc2)C1. The third-order valence-electron chi connectivity index (χ3n) is 3.48. The Morgan fingerprint density at radius 2 is 1.95 bits per heavy atom. The number of carbonyl (C=O) groups is 1. The molecule has 1 aromatic rings. The summed E-state index contributed by atoms with van der Waals surface area (Å²) in [5.74, 6) is 0.372. The number of nitrogens with zero attached hydrogens (tertiary/aromatic N) is 1. The van der Waals surface area contributed by atoms with Crippen molar-refractivity contribution in [3.63, 3.8) is 0 Å². The number of nitrogen functional groups attached to an aromatic ring is 1. The van der Waals surface area contributed by atoms with Gasteiger partial charge in [-0.2, -0.15) is 0 Å². The molecule has 0 aromatic heterocycles. The molecule has 110 valence electrons. The maximum atomic E-state index is 12.1. The molecule has 0 spiro atoms. The molecule has 1 aliphatic heterocycles. The minimum absolute atomic E-state index is 0.211. The highest BCUT2D eigenvalue weighted by atomic mass is 16.6. The number of carbonyl (C=O) groups excluding carboxylic acids is 1. The monoisotopic (exact) mass is 276 g/mol. The van der Waals surface area contributed by atoms with Crippen molar-refractivity contribution >= 4 is 11.8 Å². The summed E-state index contributed by atoms with van der Waals surface area (Å²) < 4.78 is 5.45. The Balaban J connectivity index is 2.01. The average Bonchev–Trinajstić information content (AvgIpc) is 2.38. The molecule has 1 unspecified atom stereocenters. The molecule has 1 heterocycles. The van der Waals surface area contributed by atoms with Crippen LogP contribution in [0.3, 0.4) is 0 Å². The number of piperidine rings is 1. The van der Waals surface area contributed by atoms with Gasteiger partial charge in [0.2, 0.25) is 0 Å². The molecule has 2 N–H and O–H groups in total. The van der Waals surface area contributed by atoms with Gasteiger partial charge in [0.05, 0.1) is 0 Å². The predicted octanol–water partition coefficient (Wildman–Crippen LogP) is 3.38. The van der Waals surface area contributed by atoms with Gasteiger partial charge in [0.1, 0.15) is 5.60 Å². The molecule has 20 heavy (non-hydrogen) atoms. The molecule has 0 bridgehead atoms. The molecule has 0 saturated carbocycles. The van der Waals surface area contributed by atoms with Crippen molar-refractivity contribution in [1.82, 2.24) is 4.90 Å². The molecule has 0 aliphatic carbocycles. The Hall–Kier alpha value is -1.71. The highest BCUT2D eigenvalue weighted by Gasteiger charge is 2.28. The summed E-state index contributed by atoms with van der Waals surface area (Å²) in [6, 6.07) is 7.95. The van der Waals surface area contributed by atoms with Gasteiger partial charge in [-0.05, 0) is 51.3 Å². The lowest BCUT2D eigenvalue weighted by atomic mass is 9.91. The molecule has 4 nitrogen and oxygen atoms in total. The van der Waals surface area contributed by atoms with Crippen LogP contribution < -0.4 is 5.73 Å². The Kier molecular flexibility index (Phi) is 4.21. The first-order valence-corrected chi connectivity index (χ1v) is 7.18. The summed E-state index contributed by atoms with van der Waals surface area (Å²) in [5, 5.41) is 0. The first-order chi connectivity index (χ1) is 9.35. The lowest BCUT2D eigenvalue weighted by molar-refractivity contribution is 0.0198. The zero-order chi connectivity index (χ0) is 14.8. The summed E-state index contributed by atoms with van der Waals surface area (Å²) in [5.41, 5.74) is 7.29. The smallest absolute Gasteiger partial charge is 0.410 e. The van der Waals surface area contributed by atoms with Crippen molar-refractivity contribution < 1.29 is 9.53 Å². The first kappa shape index (κ1) is 14.7. The highest BCUT2D eigenvalue weighted by Crippen LogP contribution is 2.28. The molecule has 1 aliphatic rings. The van der Waals surface area contributed by atoms with E-state index in [4.69, 9.17) is 10.5 Å². The van der Waals surface area contributed by atoms with E-state index in [1.807, 2.05) is 37.8 Å². The van der Waals surface area contributed by atoms with E-state index in [0.717, 1.165) is 31.6 Å². The number of amides is 1. The van der Waals surface area contributed by atoms with Crippen molar-refractivity contribution in [2.45, 2.75) is 45.1 Å². The van der Waals surface area contributed by atoms with Crippen LogP contribution in [0.4, 0.5) is 10.5 Å². The van der Waals surface area contributed by atoms with Gasteiger partial charge in [-0.3, -0.25) is 0 Å². The van der Waals surface area contributed by atoms with E-state index in [1.54, 1.807) is 0 Å². The van der Waals surface area contributed by atoms with E-state index in [9.17, 15) is 4.79 Å². The number of hydrogen-bond acceptors (Lipinski definition) is 3. The number of rotatable bonds is 1. The van der Waals surface area contributed by atoms with Crippen molar-refractivity contribution in [2.75, 3.05) is 18.8 Å². The zero-order valence-corrected chi connectivity index (χ0v) is 12.6. The Labute approximate surface area is 120 Å². The highest BCUT2D eigenvalue weighted by molar-refractivity contribution is 5.68. The number of ether oxygens (including phenoxy) is 1. The molecule has 1 aromatic carbocycles. The van der Waals surface area contributed by atoms with E-state index in [2.05, 4.69) is 12.1 Å². The van der Waals surface area contributed by atoms with Crippen molar-refractivity contribution in [1.29, 1.82) is 0 Å².